The zero-order chi connectivity index (χ0) is 99.2. The summed E-state index contributed by atoms with van der Waals surface area (Å²) >= 11 is 0. The molecule has 8 heterocycles. The van der Waals surface area contributed by atoms with Gasteiger partial charge in [0.1, 0.15) is 29.4 Å². The topological polar surface area (TPSA) is 327 Å². The van der Waals surface area contributed by atoms with Crippen LogP contribution >= 0.6 is 0 Å². The van der Waals surface area contributed by atoms with Gasteiger partial charge in [0.25, 0.3) is 0 Å². The van der Waals surface area contributed by atoms with Crippen molar-refractivity contribution in [3.63, 3.8) is 0 Å². The molecule has 4 aromatic carbocycles. The van der Waals surface area contributed by atoms with Gasteiger partial charge in [-0.15, -0.1) is 0 Å². The average Bonchev–Trinajstić information content (AvgIpc) is 1.59. The van der Waals surface area contributed by atoms with Gasteiger partial charge in [-0.25, -0.2) is 49.9 Å². The van der Waals surface area contributed by atoms with Crippen LogP contribution < -0.4 is 31.3 Å². The second-order valence-corrected chi connectivity index (χ2v) is 42.2. The second kappa shape index (κ2) is 46.3. The quantitative estimate of drug-likeness (QED) is 0.0234. The van der Waals surface area contributed by atoms with E-state index in [1.165, 1.54) is 48.5 Å². The highest BCUT2D eigenvalue weighted by Gasteiger charge is 2.56. The molecular weight excluding hydrogens is 1830 g/mol. The molecule has 12 aliphatic rings. The first-order chi connectivity index (χ1) is 68.7. The molecule has 30 heteroatoms. The number of hydrogen-bond donors (Lipinski definition) is 6. The SMILES string of the molecule is CCOC(=O)N[C@@H]1CC[C@@H]2[C@@H](C1)C[C@@H]1[C@@H](CC(=O)N1C)[C@H]2/C=C/c1ccc(-c2cccc(F)c2)cn1.CCOC(=O)N[C@@H]1CC[C@@H]2[C@@H](C1)C[C@H]1NC(=O)C[C@H]1[C@H]2/C=C/c1ccc(-c2cccc(F)c2)cn1.CCOC(=O)N[C@@H]1CC[C@@H]2[C@@H](C1)C[C@H]1NS(=O)(=O)C[C@H]1[C@H]2/C=C/c1ccc(-c2cccc(F)c2)cn1.CCOC(=O)N[C@@H]1CC[C@@H]2[C@@H](C1)C[C@H]1OC(=O)C[C@H]1[C@H]2/C=C/c1ccc(-c2cccc(F)c2)cn1. The van der Waals surface area contributed by atoms with Gasteiger partial charge in [0.05, 0.1) is 61.4 Å². The fraction of sp³-hybridized carbons (Fsp3) is 0.473. The van der Waals surface area contributed by atoms with Crippen molar-refractivity contribution in [3.8, 4) is 44.5 Å². The zero-order valence-corrected chi connectivity index (χ0v) is 81.8. The molecule has 4 aliphatic heterocycles. The van der Waals surface area contributed by atoms with Crippen LogP contribution in [0.4, 0.5) is 36.7 Å². The minimum Gasteiger partial charge on any atom is -0.462 e. The molecule has 24 atom stereocenters. The maximum atomic E-state index is 13.6. The summed E-state index contributed by atoms with van der Waals surface area (Å²) in [6.45, 7) is 8.62. The first-order valence-electron chi connectivity index (χ1n) is 50.8. The van der Waals surface area contributed by atoms with Gasteiger partial charge in [0, 0.05) is 115 Å². The molecule has 0 spiro atoms. The Labute approximate surface area is 828 Å². The molecule has 6 amide bonds. The van der Waals surface area contributed by atoms with E-state index >= 15 is 0 Å². The summed E-state index contributed by atoms with van der Waals surface area (Å²) in [6.07, 6.45) is 38.8. The van der Waals surface area contributed by atoms with Crippen LogP contribution in [0, 0.1) is 118 Å². The number of amides is 6. The number of alkyl carbamates (subject to hydrolysis) is 4. The number of esters is 1. The van der Waals surface area contributed by atoms with Gasteiger partial charge in [-0.05, 0) is 339 Å². The molecule has 25 nitrogen and oxygen atoms in total. The van der Waals surface area contributed by atoms with Gasteiger partial charge in [0.15, 0.2) is 0 Å². The Bertz CT molecular complexity index is 5840. The van der Waals surface area contributed by atoms with Gasteiger partial charge >= 0.3 is 30.3 Å². The number of sulfonamides is 1. The number of fused-ring (bicyclic) bond motifs is 8. The molecule has 8 aliphatic carbocycles. The smallest absolute Gasteiger partial charge is 0.407 e. The van der Waals surface area contributed by atoms with E-state index in [0.29, 0.717) is 105 Å². The number of nitrogens with one attached hydrogen (secondary N) is 6. The predicted octanol–water partition coefficient (Wildman–Crippen LogP) is 20.0. The van der Waals surface area contributed by atoms with Crippen molar-refractivity contribution in [2.45, 2.75) is 198 Å². The fourth-order valence-electron chi connectivity index (χ4n) is 25.6. The largest absolute Gasteiger partial charge is 0.462 e. The standard InChI is InChI=1S/C29H34FN3O3.C28H32FN3O3.C28H31FN2O4.C27H32FN3O4S/c1-3-36-29(35)32-23-10-11-24-20(14-23)15-27-26(16-28(34)33(27)2)25(24)12-9-22-8-7-19(17-31-22)18-5-4-6-21(30)13-18;1-2-35-28(34)31-22-9-10-23-19(13-22)14-26-25(15-27(33)32-26)24(23)11-8-21-7-6-18(16-30-21)17-4-3-5-20(29)12-17;1-2-34-28(33)31-22-9-10-23-19(13-22)14-26-25(15-27(32)35-26)24(23)11-8-21-7-6-18(16-30-21)17-4-3-5-20(29)12-17;1-2-35-27(32)30-22-9-10-23-19(13-22)14-26-25(16-36(33,34)31-26)24(23)11-8-21-7-6-18(15-29-21)17-4-3-5-20(28)12-17/h4-9,12-13,17,20,23-27H,3,10-11,14-16H2,1-2H3,(H,32,35);3-8,11-12,16,19,22-26H,2,9-10,13-15H2,1H3,(H,31,34)(H,32,33);3-8,11-12,16,19,22-26H,2,9-10,13-15H2,1H3,(H,31,33);3-8,11-12,15,19,22-26,31H,2,9-10,13-14,16H2,1H3,(H,30,32)/b12-9+;3*11-8+/t20-,23+,24+,25-,26-,27+;3*19-,22+,23+,24-,25-,26+/m0000/s1. The molecule has 0 unspecified atom stereocenters. The third kappa shape index (κ3) is 25.1. The predicted molar refractivity (Wildman–Crippen MR) is 533 cm³/mol. The molecule has 142 heavy (non-hydrogen) atoms. The molecule has 12 fully saturated rings. The van der Waals surface area contributed by atoms with Gasteiger partial charge in [-0.3, -0.25) is 34.3 Å². The number of nitrogens with zero attached hydrogens (tertiary/aromatic N) is 5. The van der Waals surface area contributed by atoms with Crippen LogP contribution in [0.2, 0.25) is 0 Å². The number of pyridine rings is 4. The van der Waals surface area contributed by atoms with Gasteiger partial charge < -0.3 is 55.2 Å². The van der Waals surface area contributed by atoms with E-state index in [0.717, 1.165) is 170 Å². The van der Waals surface area contributed by atoms with E-state index in [2.05, 4.69) is 87.7 Å². The Kier molecular flexibility index (Phi) is 33.0. The summed E-state index contributed by atoms with van der Waals surface area (Å²) in [5, 5.41) is 15.2. The lowest BCUT2D eigenvalue weighted by Crippen LogP contribution is -2.50. The van der Waals surface area contributed by atoms with E-state index in [-0.39, 0.29) is 155 Å². The molecule has 4 saturated heterocycles. The van der Waals surface area contributed by atoms with Gasteiger partial charge in [0.2, 0.25) is 21.8 Å². The summed E-state index contributed by atoms with van der Waals surface area (Å²) < 4.78 is 108. The molecule has 0 radical (unpaired) electrons. The van der Waals surface area contributed by atoms with Crippen molar-refractivity contribution in [1.29, 1.82) is 0 Å². The average molecular weight is 1960 g/mol. The van der Waals surface area contributed by atoms with E-state index in [1.807, 2.05) is 104 Å². The highest BCUT2D eigenvalue weighted by Crippen LogP contribution is 2.56. The summed E-state index contributed by atoms with van der Waals surface area (Å²) in [6, 6.07) is 42.2. The lowest BCUT2D eigenvalue weighted by molar-refractivity contribution is -0.143. The minimum absolute atomic E-state index is 0.0219. The van der Waals surface area contributed by atoms with Crippen LogP contribution in [0.15, 0.2) is 195 Å². The number of aromatic nitrogens is 4. The number of carbonyl (C=O) groups excluding carboxylic acids is 7. The van der Waals surface area contributed by atoms with Crippen molar-refractivity contribution in [2.24, 2.45) is 94.7 Å². The first-order valence-corrected chi connectivity index (χ1v) is 52.5. The summed E-state index contributed by atoms with van der Waals surface area (Å²) in [4.78, 5) is 105. The summed E-state index contributed by atoms with van der Waals surface area (Å²) in [5.74, 6) is 4.32. The lowest BCUT2D eigenvalue weighted by atomic mass is 9.59. The number of halogens is 4. The number of likely N-dealkylation sites (tertiary alicyclic amines) is 1. The van der Waals surface area contributed by atoms with Crippen LogP contribution in [-0.2, 0) is 48.1 Å². The highest BCUT2D eigenvalue weighted by atomic mass is 32.2. The number of ether oxygens (including phenoxy) is 5. The normalized spacial score (nSPS) is 30.1. The highest BCUT2D eigenvalue weighted by molar-refractivity contribution is 7.89. The van der Waals surface area contributed by atoms with Gasteiger partial charge in [-0.2, -0.15) is 0 Å². The maximum absolute atomic E-state index is 13.6. The van der Waals surface area contributed by atoms with Crippen molar-refractivity contribution in [2.75, 3.05) is 39.2 Å². The van der Waals surface area contributed by atoms with Crippen LogP contribution in [0.1, 0.15) is 172 Å². The third-order valence-corrected chi connectivity index (χ3v) is 33.4. The number of benzene rings is 4. The Morgan fingerprint density at radius 1 is 0.394 bits per heavy atom. The molecular formula is C112H129F4N11O14S. The molecule has 6 N–H and O–H groups in total. The number of allylic oxidation sites excluding steroid dienone is 4. The van der Waals surface area contributed by atoms with E-state index in [4.69, 9.17) is 23.7 Å². The maximum Gasteiger partial charge on any atom is 0.407 e. The molecule has 0 bridgehead atoms. The second-order valence-electron chi connectivity index (χ2n) is 40.4. The molecule has 8 saturated carbocycles. The summed E-state index contributed by atoms with van der Waals surface area (Å²) in [5.41, 5.74) is 9.91. The van der Waals surface area contributed by atoms with Gasteiger partial charge in [-0.1, -0.05) is 97.1 Å². The Morgan fingerprint density at radius 3 is 1.08 bits per heavy atom. The molecule has 4 aromatic heterocycles. The Balaban J connectivity index is 0.000000130. The summed E-state index contributed by atoms with van der Waals surface area (Å²) in [7, 11) is -1.36. The minimum atomic E-state index is -3.29. The Hall–Kier alpha value is -12.4. The number of carbonyl (C=O) groups is 7. The van der Waals surface area contributed by atoms with Crippen molar-refractivity contribution >= 4 is 76.5 Å². The first kappa shape index (κ1) is 101. The zero-order valence-electron chi connectivity index (χ0n) is 81.0. The van der Waals surface area contributed by atoms with Crippen LogP contribution in [0.25, 0.3) is 68.8 Å². The number of hydrogen-bond acceptors (Lipinski definition) is 18. The molecule has 750 valence electrons. The van der Waals surface area contributed by atoms with Crippen molar-refractivity contribution in [1.82, 2.24) is 56.1 Å². The molecule has 20 rings (SSSR count). The monoisotopic (exact) mass is 1960 g/mol. The molecule has 8 aromatic rings. The van der Waals surface area contributed by atoms with E-state index in [1.54, 1.807) is 69.8 Å². The van der Waals surface area contributed by atoms with E-state index in [9.17, 15) is 59.5 Å². The van der Waals surface area contributed by atoms with Crippen molar-refractivity contribution in [3.05, 3.63) is 241 Å². The van der Waals surface area contributed by atoms with Crippen LogP contribution in [-0.4, -0.2) is 163 Å². The van der Waals surface area contributed by atoms with Crippen molar-refractivity contribution < 1.29 is 83.2 Å². The third-order valence-electron chi connectivity index (χ3n) is 31.9. The number of rotatable bonds is 20. The van der Waals surface area contributed by atoms with Crippen LogP contribution in [0.3, 0.4) is 0 Å². The Morgan fingerprint density at radius 2 is 0.732 bits per heavy atom. The van der Waals surface area contributed by atoms with E-state index < -0.39 is 10.0 Å². The fourth-order valence-corrected chi connectivity index (χ4v) is 27.4. The lowest BCUT2D eigenvalue weighted by Gasteiger charge is -2.49. The van der Waals surface area contributed by atoms with Crippen LogP contribution in [0.5, 0.6) is 0 Å².